The van der Waals surface area contributed by atoms with Crippen molar-refractivity contribution < 1.29 is 13.9 Å². The summed E-state index contributed by atoms with van der Waals surface area (Å²) in [6, 6.07) is 12.2. The van der Waals surface area contributed by atoms with E-state index in [9.17, 15) is 9.18 Å². The van der Waals surface area contributed by atoms with Crippen LogP contribution in [0.2, 0.25) is 0 Å². The van der Waals surface area contributed by atoms with Crippen LogP contribution in [0.15, 0.2) is 48.7 Å². The van der Waals surface area contributed by atoms with Gasteiger partial charge in [0, 0.05) is 32.4 Å². The first-order valence-corrected chi connectivity index (χ1v) is 8.47. The van der Waals surface area contributed by atoms with Crippen LogP contribution in [-0.4, -0.2) is 52.5 Å². The van der Waals surface area contributed by atoms with Crippen LogP contribution in [0.5, 0.6) is 0 Å². The maximum absolute atomic E-state index is 13.1. The van der Waals surface area contributed by atoms with Crippen LogP contribution < -0.4 is 0 Å². The second-order valence-electron chi connectivity index (χ2n) is 6.58. The van der Waals surface area contributed by atoms with Gasteiger partial charge >= 0.3 is 0 Å². The molecule has 2 saturated heterocycles. The SMILES string of the molecule is O=C1CO[C@H]2CN(Cc3ccccn3)C[C@H]2N1Cc1ccc(F)cc1. The summed E-state index contributed by atoms with van der Waals surface area (Å²) in [7, 11) is 0. The van der Waals surface area contributed by atoms with E-state index in [0.29, 0.717) is 6.54 Å². The molecule has 0 aliphatic carbocycles. The Bertz CT molecular complexity index is 738. The van der Waals surface area contributed by atoms with Gasteiger partial charge in [0.25, 0.3) is 0 Å². The number of morpholine rings is 1. The number of hydrogen-bond acceptors (Lipinski definition) is 4. The third-order valence-corrected chi connectivity index (χ3v) is 4.83. The monoisotopic (exact) mass is 341 g/mol. The van der Waals surface area contributed by atoms with Crippen molar-refractivity contribution in [2.75, 3.05) is 19.7 Å². The van der Waals surface area contributed by atoms with E-state index in [1.807, 2.05) is 23.1 Å². The maximum atomic E-state index is 13.1. The molecule has 1 aromatic carbocycles. The van der Waals surface area contributed by atoms with Crippen molar-refractivity contribution in [2.45, 2.75) is 25.2 Å². The van der Waals surface area contributed by atoms with Gasteiger partial charge in [-0.15, -0.1) is 0 Å². The number of fused-ring (bicyclic) bond motifs is 1. The van der Waals surface area contributed by atoms with Crippen molar-refractivity contribution in [3.63, 3.8) is 0 Å². The molecule has 0 bridgehead atoms. The average Bonchev–Trinajstić information content (AvgIpc) is 3.03. The Morgan fingerprint density at radius 1 is 1.12 bits per heavy atom. The molecule has 0 N–H and O–H groups in total. The lowest BCUT2D eigenvalue weighted by Crippen LogP contribution is -2.53. The molecule has 25 heavy (non-hydrogen) atoms. The van der Waals surface area contributed by atoms with Crippen molar-refractivity contribution in [1.82, 2.24) is 14.8 Å². The minimum atomic E-state index is -0.266. The van der Waals surface area contributed by atoms with Crippen LogP contribution in [0.25, 0.3) is 0 Å². The second-order valence-corrected chi connectivity index (χ2v) is 6.58. The summed E-state index contributed by atoms with van der Waals surface area (Å²) in [6.45, 7) is 2.89. The van der Waals surface area contributed by atoms with Crippen LogP contribution in [0.3, 0.4) is 0 Å². The molecule has 5 nitrogen and oxygen atoms in total. The van der Waals surface area contributed by atoms with Gasteiger partial charge in [0.2, 0.25) is 5.91 Å². The van der Waals surface area contributed by atoms with Gasteiger partial charge < -0.3 is 9.64 Å². The van der Waals surface area contributed by atoms with Crippen molar-refractivity contribution >= 4 is 5.91 Å². The first-order chi connectivity index (χ1) is 12.2. The highest BCUT2D eigenvalue weighted by molar-refractivity contribution is 5.78. The second kappa shape index (κ2) is 6.90. The van der Waals surface area contributed by atoms with E-state index in [0.717, 1.165) is 30.9 Å². The number of ether oxygens (including phenoxy) is 1. The van der Waals surface area contributed by atoms with Gasteiger partial charge in [0.15, 0.2) is 0 Å². The molecule has 0 radical (unpaired) electrons. The van der Waals surface area contributed by atoms with E-state index >= 15 is 0 Å². The Balaban J connectivity index is 1.46. The predicted molar refractivity (Wildman–Crippen MR) is 90.0 cm³/mol. The number of pyridine rings is 1. The van der Waals surface area contributed by atoms with Gasteiger partial charge in [-0.2, -0.15) is 0 Å². The Hall–Kier alpha value is -2.31. The summed E-state index contributed by atoms with van der Waals surface area (Å²) >= 11 is 0. The number of nitrogens with zero attached hydrogens (tertiary/aromatic N) is 3. The molecule has 2 atom stereocenters. The zero-order chi connectivity index (χ0) is 17.2. The summed E-state index contributed by atoms with van der Waals surface area (Å²) in [5.41, 5.74) is 1.94. The molecule has 6 heteroatoms. The molecular formula is C19H20FN3O2. The quantitative estimate of drug-likeness (QED) is 0.851. The Morgan fingerprint density at radius 2 is 1.96 bits per heavy atom. The van der Waals surface area contributed by atoms with Crippen LogP contribution in [0.1, 0.15) is 11.3 Å². The Kier molecular flexibility index (Phi) is 4.46. The highest BCUT2D eigenvalue weighted by atomic mass is 19.1. The number of benzene rings is 1. The van der Waals surface area contributed by atoms with Crippen LogP contribution in [-0.2, 0) is 22.6 Å². The number of carbonyl (C=O) groups is 1. The zero-order valence-corrected chi connectivity index (χ0v) is 13.8. The van der Waals surface area contributed by atoms with Crippen LogP contribution in [0, 0.1) is 5.82 Å². The van der Waals surface area contributed by atoms with E-state index in [4.69, 9.17) is 4.74 Å². The zero-order valence-electron chi connectivity index (χ0n) is 13.8. The third kappa shape index (κ3) is 3.55. The fourth-order valence-electron chi connectivity index (χ4n) is 3.58. The first-order valence-electron chi connectivity index (χ1n) is 8.47. The minimum absolute atomic E-state index is 0.00902. The fourth-order valence-corrected chi connectivity index (χ4v) is 3.58. The molecule has 0 saturated carbocycles. The van der Waals surface area contributed by atoms with Crippen molar-refractivity contribution in [2.24, 2.45) is 0 Å². The molecule has 130 valence electrons. The average molecular weight is 341 g/mol. The summed E-state index contributed by atoms with van der Waals surface area (Å²) in [6.07, 6.45) is 1.81. The summed E-state index contributed by atoms with van der Waals surface area (Å²) < 4.78 is 18.9. The highest BCUT2D eigenvalue weighted by Crippen LogP contribution is 2.26. The van der Waals surface area contributed by atoms with Gasteiger partial charge in [0.1, 0.15) is 12.4 Å². The predicted octanol–water partition coefficient (Wildman–Crippen LogP) is 1.83. The van der Waals surface area contributed by atoms with Crippen LogP contribution in [0.4, 0.5) is 4.39 Å². The number of likely N-dealkylation sites (tertiary alicyclic amines) is 1. The minimum Gasteiger partial charge on any atom is -0.365 e. The van der Waals surface area contributed by atoms with E-state index in [1.165, 1.54) is 12.1 Å². The molecule has 1 aromatic heterocycles. The number of rotatable bonds is 4. The molecule has 2 fully saturated rings. The summed E-state index contributed by atoms with van der Waals surface area (Å²) in [4.78, 5) is 20.9. The van der Waals surface area contributed by atoms with E-state index in [1.54, 1.807) is 18.3 Å². The van der Waals surface area contributed by atoms with Crippen LogP contribution >= 0.6 is 0 Å². The van der Waals surface area contributed by atoms with Gasteiger partial charge in [-0.05, 0) is 29.8 Å². The number of halogens is 1. The van der Waals surface area contributed by atoms with E-state index in [2.05, 4.69) is 9.88 Å². The molecule has 2 aliphatic rings. The molecule has 3 heterocycles. The number of aromatic nitrogens is 1. The van der Waals surface area contributed by atoms with Crippen molar-refractivity contribution in [1.29, 1.82) is 0 Å². The number of amides is 1. The summed E-state index contributed by atoms with van der Waals surface area (Å²) in [5, 5.41) is 0. The summed E-state index contributed by atoms with van der Waals surface area (Å²) in [5.74, 6) is -0.275. The lowest BCUT2D eigenvalue weighted by molar-refractivity contribution is -0.153. The molecule has 0 spiro atoms. The number of hydrogen-bond donors (Lipinski definition) is 0. The van der Waals surface area contributed by atoms with E-state index in [-0.39, 0.29) is 30.5 Å². The molecule has 0 unspecified atom stereocenters. The molecule has 2 aromatic rings. The van der Waals surface area contributed by atoms with Gasteiger partial charge in [-0.1, -0.05) is 18.2 Å². The van der Waals surface area contributed by atoms with Gasteiger partial charge in [-0.25, -0.2) is 4.39 Å². The number of carbonyl (C=O) groups excluding carboxylic acids is 1. The van der Waals surface area contributed by atoms with E-state index < -0.39 is 0 Å². The molecule has 1 amide bonds. The maximum Gasteiger partial charge on any atom is 0.249 e. The Labute approximate surface area is 146 Å². The molecular weight excluding hydrogens is 321 g/mol. The molecule has 4 rings (SSSR count). The lowest BCUT2D eigenvalue weighted by Gasteiger charge is -2.36. The fraction of sp³-hybridized carbons (Fsp3) is 0.368. The standard InChI is InChI=1S/C19H20FN3O2/c20-15-6-4-14(5-7-15)9-23-17-11-22(10-16-3-1-2-8-21-16)12-18(17)25-13-19(23)24/h1-8,17-18H,9-13H2/t17-,18+/m1/s1. The van der Waals surface area contributed by atoms with Crippen molar-refractivity contribution in [3.05, 3.63) is 65.7 Å². The smallest absolute Gasteiger partial charge is 0.249 e. The first kappa shape index (κ1) is 16.2. The topological polar surface area (TPSA) is 45.7 Å². The Morgan fingerprint density at radius 3 is 2.72 bits per heavy atom. The normalized spacial score (nSPS) is 23.7. The third-order valence-electron chi connectivity index (χ3n) is 4.83. The lowest BCUT2D eigenvalue weighted by atomic mass is 10.1. The van der Waals surface area contributed by atoms with Gasteiger partial charge in [-0.3, -0.25) is 14.7 Å². The van der Waals surface area contributed by atoms with Crippen molar-refractivity contribution in [3.8, 4) is 0 Å². The largest absolute Gasteiger partial charge is 0.365 e. The molecule has 2 aliphatic heterocycles. The van der Waals surface area contributed by atoms with Gasteiger partial charge in [0.05, 0.1) is 17.8 Å². The highest BCUT2D eigenvalue weighted by Gasteiger charge is 2.43.